The molecule has 2 aromatic carbocycles. The van der Waals surface area contributed by atoms with Gasteiger partial charge in [-0.3, -0.25) is 54.0 Å². The van der Waals surface area contributed by atoms with Gasteiger partial charge in [0.15, 0.2) is 10.5 Å². The summed E-state index contributed by atoms with van der Waals surface area (Å²) < 4.78 is 40.6. The summed E-state index contributed by atoms with van der Waals surface area (Å²) in [5, 5.41) is 40.2. The minimum absolute atomic E-state index is 0.0541. The normalized spacial score (nSPS) is 12.3. The third kappa shape index (κ3) is 19.7. The number of nitrogens with zero attached hydrogens (tertiary/aromatic N) is 5. The van der Waals surface area contributed by atoms with E-state index in [1.807, 2.05) is 11.0 Å². The van der Waals surface area contributed by atoms with Gasteiger partial charge in [0.05, 0.1) is 104 Å². The summed E-state index contributed by atoms with van der Waals surface area (Å²) in [5.74, 6) is -3.98. The Morgan fingerprint density at radius 3 is 1.57 bits per heavy atom. The molecule has 446 valence electrons. The molecule has 0 unspecified atom stereocenters. The number of methoxy groups -OCH3 is 2. The molecule has 0 spiro atoms. The first-order chi connectivity index (χ1) is 39.1. The summed E-state index contributed by atoms with van der Waals surface area (Å²) >= 11 is 5.81. The van der Waals surface area contributed by atoms with Crippen molar-refractivity contribution in [2.45, 2.75) is 25.7 Å². The summed E-state index contributed by atoms with van der Waals surface area (Å²) in [6.07, 6.45) is -0.674. The lowest BCUT2D eigenvalue weighted by molar-refractivity contribution is -0.158. The number of nitrogens with one attached hydrogen (secondary N) is 4. The van der Waals surface area contributed by atoms with Crippen molar-refractivity contribution >= 4 is 81.3 Å². The van der Waals surface area contributed by atoms with E-state index in [1.165, 1.54) is 26.4 Å². The highest BCUT2D eigenvalue weighted by Crippen LogP contribution is 2.42. The number of carbonyl (C=O) groups is 8. The molecule has 82 heavy (non-hydrogen) atoms. The van der Waals surface area contributed by atoms with Crippen LogP contribution in [0.2, 0.25) is 0 Å². The van der Waals surface area contributed by atoms with Crippen LogP contribution in [0.1, 0.15) is 36.0 Å². The summed E-state index contributed by atoms with van der Waals surface area (Å²) in [6.45, 7) is -1.42. The van der Waals surface area contributed by atoms with E-state index in [1.54, 1.807) is 41.3 Å². The quantitative estimate of drug-likeness (QED) is 0.00944. The monoisotopic (exact) mass is 1170 g/mol. The third-order valence-electron chi connectivity index (χ3n) is 12.7. The van der Waals surface area contributed by atoms with Gasteiger partial charge < -0.3 is 63.9 Å². The molecule has 2 aliphatic heterocycles. The molecule has 7 N–H and O–H groups in total. The fourth-order valence-electron chi connectivity index (χ4n) is 8.10. The second-order valence-corrected chi connectivity index (χ2v) is 19.2. The number of ether oxygens (including phenoxy) is 6. The number of anilines is 1. The Balaban J connectivity index is 1.22. The predicted octanol–water partition coefficient (Wildman–Crippen LogP) is 0.706. The van der Waals surface area contributed by atoms with Gasteiger partial charge in [-0.1, -0.05) is 6.07 Å². The van der Waals surface area contributed by atoms with Crippen molar-refractivity contribution in [3.8, 4) is 28.2 Å². The van der Waals surface area contributed by atoms with E-state index in [2.05, 4.69) is 21.3 Å². The molecule has 3 aliphatic rings. The standard InChI is InChI=1S/C53H69N9O19S/c1-58(72)47(68)27-54-43(64)12-20-77-30-53(31-78-21-13-44(65)55-28-48(69)59(2)73,32-79-22-14-45(66)56-29-49(70)60(3)74)33-80-23-15-46(67)61-16-18-62(19-17-61)52(82)57-34-6-9-37(40(24-34)51(71)76-5)50-38-10-7-35(63)25-41(38)81-42-26-36(75-4)8-11-39(42)50/h6-11,24-26,72-74H,12-23,27-33H2,1-5H3,(H,54,64)(H,55,65)(H,56,66)(H,57,82). The van der Waals surface area contributed by atoms with Crippen molar-refractivity contribution in [2.75, 3.05) is 139 Å². The number of fused-ring (bicyclic) bond motifs is 2. The van der Waals surface area contributed by atoms with Crippen molar-refractivity contribution in [1.29, 1.82) is 0 Å². The highest BCUT2D eigenvalue weighted by molar-refractivity contribution is 7.80. The molecule has 0 radical (unpaired) electrons. The van der Waals surface area contributed by atoms with E-state index >= 15 is 0 Å². The molecule has 29 heteroatoms. The summed E-state index contributed by atoms with van der Waals surface area (Å²) in [6, 6.07) is 14.9. The fourth-order valence-corrected chi connectivity index (χ4v) is 8.40. The van der Waals surface area contributed by atoms with Crippen LogP contribution < -0.4 is 31.4 Å². The van der Waals surface area contributed by atoms with Gasteiger partial charge >= 0.3 is 5.97 Å². The molecule has 1 aliphatic carbocycles. The zero-order valence-corrected chi connectivity index (χ0v) is 47.0. The average molecular weight is 1170 g/mol. The maximum Gasteiger partial charge on any atom is 0.338 e. The number of esters is 1. The largest absolute Gasteiger partial charge is 0.497 e. The Hall–Kier alpha value is -7.90. The summed E-state index contributed by atoms with van der Waals surface area (Å²) in [5.41, 5.74) is 1.40. The SMILES string of the molecule is COC(=O)c1cc(NC(=S)N2CCN(C(=O)CCOCC(COCCC(=O)NCC(=O)N(C)O)(COCCC(=O)NCC(=O)N(C)O)COCCC(=O)NCC(=O)N(C)O)CC2)ccc1-c1c2ccc(=O)cc-2oc2cc(OC)ccc12. The first-order valence-electron chi connectivity index (χ1n) is 25.7. The smallest absolute Gasteiger partial charge is 0.338 e. The highest BCUT2D eigenvalue weighted by Gasteiger charge is 2.34. The number of hydrogen-bond donors (Lipinski definition) is 7. The van der Waals surface area contributed by atoms with Crippen LogP contribution in [0.5, 0.6) is 5.75 Å². The highest BCUT2D eigenvalue weighted by atomic mass is 32.1. The molecule has 7 amide bonds. The number of likely N-dealkylation sites (N-methyl/N-ethyl adjacent to an activating group) is 3. The second-order valence-electron chi connectivity index (χ2n) is 18.8. The van der Waals surface area contributed by atoms with E-state index < -0.39 is 66.5 Å². The molecular formula is C53H69N9O19S. The van der Waals surface area contributed by atoms with Crippen molar-refractivity contribution < 1.29 is 86.8 Å². The first kappa shape index (κ1) is 64.9. The van der Waals surface area contributed by atoms with Gasteiger partial charge in [-0.25, -0.2) is 20.0 Å². The van der Waals surface area contributed by atoms with Gasteiger partial charge in [0.1, 0.15) is 17.1 Å². The summed E-state index contributed by atoms with van der Waals surface area (Å²) in [4.78, 5) is 116. The van der Waals surface area contributed by atoms with Crippen LogP contribution in [0.3, 0.4) is 0 Å². The lowest BCUT2D eigenvalue weighted by Crippen LogP contribution is -2.51. The number of benzene rings is 3. The molecule has 28 nitrogen and oxygen atoms in total. The van der Waals surface area contributed by atoms with Crippen molar-refractivity contribution in [2.24, 2.45) is 5.41 Å². The van der Waals surface area contributed by atoms with Crippen LogP contribution in [-0.4, -0.2) is 227 Å². The van der Waals surface area contributed by atoms with Gasteiger partial charge in [-0.05, 0) is 54.2 Å². The Morgan fingerprint density at radius 2 is 1.10 bits per heavy atom. The third-order valence-corrected chi connectivity index (χ3v) is 13.0. The van der Waals surface area contributed by atoms with Crippen LogP contribution in [0.15, 0.2) is 63.8 Å². The zero-order valence-electron chi connectivity index (χ0n) is 46.1. The van der Waals surface area contributed by atoms with Crippen LogP contribution in [0, 0.1) is 5.41 Å². The number of rotatable bonds is 30. The average Bonchev–Trinajstić information content (AvgIpc) is 1.95. The van der Waals surface area contributed by atoms with E-state index in [4.69, 9.17) is 45.1 Å². The van der Waals surface area contributed by atoms with Gasteiger partial charge in [0.25, 0.3) is 17.7 Å². The maximum atomic E-state index is 13.6. The van der Waals surface area contributed by atoms with Crippen molar-refractivity contribution in [3.63, 3.8) is 0 Å². The topological polar surface area (TPSA) is 347 Å². The molecule has 2 aromatic rings. The molecule has 0 saturated carbocycles. The zero-order chi connectivity index (χ0) is 59.9. The molecule has 0 aromatic heterocycles. The molecule has 0 bridgehead atoms. The van der Waals surface area contributed by atoms with Crippen LogP contribution >= 0.6 is 12.2 Å². The van der Waals surface area contributed by atoms with Crippen LogP contribution in [0.25, 0.3) is 33.4 Å². The van der Waals surface area contributed by atoms with Crippen LogP contribution in [-0.2, 0) is 57.2 Å². The number of thiocarbonyl (C=S) groups is 1. The predicted molar refractivity (Wildman–Crippen MR) is 294 cm³/mol. The molecule has 1 saturated heterocycles. The van der Waals surface area contributed by atoms with E-state index in [-0.39, 0.29) is 95.4 Å². The summed E-state index contributed by atoms with van der Waals surface area (Å²) in [7, 11) is 6.12. The number of piperazine rings is 1. The Morgan fingerprint density at radius 1 is 0.622 bits per heavy atom. The lowest BCUT2D eigenvalue weighted by Gasteiger charge is -2.36. The number of amides is 7. The van der Waals surface area contributed by atoms with Gasteiger partial charge in [0, 0.05) is 101 Å². The van der Waals surface area contributed by atoms with Crippen LogP contribution in [0.4, 0.5) is 5.69 Å². The number of hydrogen-bond acceptors (Lipinski definition) is 20. The van der Waals surface area contributed by atoms with E-state index in [0.29, 0.717) is 91.3 Å². The van der Waals surface area contributed by atoms with E-state index in [9.17, 15) is 58.8 Å². The molecule has 0 atom stereocenters. The lowest BCUT2D eigenvalue weighted by atomic mass is 9.90. The van der Waals surface area contributed by atoms with E-state index in [0.717, 1.165) is 21.1 Å². The Bertz CT molecular complexity index is 2820. The molecule has 2 heterocycles. The first-order valence-corrected chi connectivity index (χ1v) is 26.1. The minimum Gasteiger partial charge on any atom is -0.497 e. The molecular weight excluding hydrogens is 1100 g/mol. The minimum atomic E-state index is -1.21. The molecule has 1 fully saturated rings. The van der Waals surface area contributed by atoms with Crippen molar-refractivity contribution in [3.05, 3.63) is 70.4 Å². The van der Waals surface area contributed by atoms with Gasteiger partial charge in [0.2, 0.25) is 23.6 Å². The Kier molecular flexibility index (Phi) is 25.3. The van der Waals surface area contributed by atoms with Crippen molar-refractivity contribution in [1.82, 2.24) is 40.9 Å². The maximum absolute atomic E-state index is 13.6. The second kappa shape index (κ2) is 31.9. The van der Waals surface area contributed by atoms with Gasteiger partial charge in [-0.2, -0.15) is 0 Å². The Labute approximate surface area is 476 Å². The fraction of sp³-hybridized carbons (Fsp3) is 0.472. The number of hydroxylamine groups is 6. The molecule has 5 rings (SSSR count). The number of carbonyl (C=O) groups excluding carboxylic acids is 8. The van der Waals surface area contributed by atoms with Gasteiger partial charge in [-0.15, -0.1) is 0 Å².